The number of aryl methyl sites for hydroxylation is 2. The molecule has 4 nitrogen and oxygen atoms in total. The number of pyridine rings is 1. The van der Waals surface area contributed by atoms with E-state index in [9.17, 15) is 0 Å². The van der Waals surface area contributed by atoms with Gasteiger partial charge < -0.3 is 4.74 Å². The molecule has 0 bridgehead atoms. The Labute approximate surface area is 185 Å². The molecule has 1 aliphatic rings. The van der Waals surface area contributed by atoms with Crippen LogP contribution < -0.4 is 4.74 Å². The molecule has 1 aromatic carbocycles. The Balaban J connectivity index is 1.53. The van der Waals surface area contributed by atoms with Gasteiger partial charge in [-0.3, -0.25) is 0 Å². The predicted octanol–water partition coefficient (Wildman–Crippen LogP) is 6.37. The number of methoxy groups -OCH3 is 1. The molecule has 0 radical (unpaired) electrons. The van der Waals surface area contributed by atoms with Crippen LogP contribution in [0.5, 0.6) is 5.75 Å². The van der Waals surface area contributed by atoms with Crippen molar-refractivity contribution in [2.45, 2.75) is 56.2 Å². The lowest BCUT2D eigenvalue weighted by Crippen LogP contribution is -1.98. The first-order chi connectivity index (χ1) is 14.8. The van der Waals surface area contributed by atoms with E-state index in [2.05, 4.69) is 24.0 Å². The van der Waals surface area contributed by atoms with E-state index in [1.165, 1.54) is 58.2 Å². The molecule has 4 aromatic rings. The molecular weight excluding hydrogens is 410 g/mol. The summed E-state index contributed by atoms with van der Waals surface area (Å²) in [7, 11) is 1.70. The fraction of sp³-hybridized carbons (Fsp3) is 0.375. The van der Waals surface area contributed by atoms with E-state index >= 15 is 0 Å². The van der Waals surface area contributed by atoms with Gasteiger partial charge in [-0.1, -0.05) is 25.5 Å². The second-order valence-electron chi connectivity index (χ2n) is 7.75. The Morgan fingerprint density at radius 1 is 1.10 bits per heavy atom. The average Bonchev–Trinajstić information content (AvgIpc) is 3.41. The smallest absolute Gasteiger partial charge is 0.126 e. The first-order valence-corrected chi connectivity index (χ1v) is 12.4. The largest absolute Gasteiger partial charge is 0.497 e. The first-order valence-electron chi connectivity index (χ1n) is 10.6. The van der Waals surface area contributed by atoms with Crippen molar-refractivity contribution in [2.24, 2.45) is 0 Å². The number of rotatable bonds is 7. The minimum absolute atomic E-state index is 0.873. The summed E-state index contributed by atoms with van der Waals surface area (Å²) in [5, 5.41) is 2.34. The maximum atomic E-state index is 5.26. The van der Waals surface area contributed by atoms with Crippen molar-refractivity contribution < 1.29 is 4.74 Å². The SMILES string of the molecule is CCCCc1nc2sc3c(SCc4ccc(OC)cc4)ncnc3c2c2c1CCC2. The Bertz CT molecular complexity index is 1200. The third kappa shape index (κ3) is 3.56. The van der Waals surface area contributed by atoms with Crippen molar-refractivity contribution in [3.05, 3.63) is 53.0 Å². The van der Waals surface area contributed by atoms with Crippen molar-refractivity contribution in [1.82, 2.24) is 15.0 Å². The number of fused-ring (bicyclic) bond motifs is 5. The molecule has 3 heterocycles. The highest BCUT2D eigenvalue weighted by Gasteiger charge is 2.24. The zero-order valence-corrected chi connectivity index (χ0v) is 19.0. The average molecular weight is 436 g/mol. The van der Waals surface area contributed by atoms with Crippen LogP contribution in [0.2, 0.25) is 0 Å². The van der Waals surface area contributed by atoms with Gasteiger partial charge in [0.25, 0.3) is 0 Å². The third-order valence-corrected chi connectivity index (χ3v) is 8.10. The van der Waals surface area contributed by atoms with Gasteiger partial charge in [0.1, 0.15) is 21.9 Å². The normalized spacial score (nSPS) is 13.3. The van der Waals surface area contributed by atoms with Gasteiger partial charge in [0.05, 0.1) is 17.3 Å². The zero-order chi connectivity index (χ0) is 20.5. The van der Waals surface area contributed by atoms with Crippen molar-refractivity contribution in [3.8, 4) is 5.75 Å². The Hall–Kier alpha value is -2.18. The molecule has 0 fully saturated rings. The van der Waals surface area contributed by atoms with Crippen LogP contribution in [-0.4, -0.2) is 22.1 Å². The second kappa shape index (κ2) is 8.52. The van der Waals surface area contributed by atoms with Crippen LogP contribution in [0.25, 0.3) is 20.4 Å². The van der Waals surface area contributed by atoms with Gasteiger partial charge in [0, 0.05) is 16.8 Å². The van der Waals surface area contributed by atoms with Gasteiger partial charge in [-0.05, 0) is 60.9 Å². The van der Waals surface area contributed by atoms with Crippen molar-refractivity contribution in [1.29, 1.82) is 0 Å². The van der Waals surface area contributed by atoms with E-state index in [4.69, 9.17) is 14.7 Å². The lowest BCUT2D eigenvalue weighted by atomic mass is 10.0. The molecular formula is C24H25N3OS2. The molecule has 0 spiro atoms. The maximum absolute atomic E-state index is 5.26. The van der Waals surface area contributed by atoms with Crippen molar-refractivity contribution in [2.75, 3.05) is 7.11 Å². The van der Waals surface area contributed by atoms with Crippen LogP contribution in [0.4, 0.5) is 0 Å². The minimum atomic E-state index is 0.873. The molecule has 6 heteroatoms. The predicted molar refractivity (Wildman–Crippen MR) is 126 cm³/mol. The molecule has 0 amide bonds. The summed E-state index contributed by atoms with van der Waals surface area (Å²) in [5.74, 6) is 1.76. The van der Waals surface area contributed by atoms with Gasteiger partial charge in [-0.15, -0.1) is 23.1 Å². The van der Waals surface area contributed by atoms with Crippen molar-refractivity contribution >= 4 is 43.5 Å². The highest BCUT2D eigenvalue weighted by atomic mass is 32.2. The zero-order valence-electron chi connectivity index (χ0n) is 17.4. The number of unbranched alkanes of at least 4 members (excludes halogenated alkanes) is 1. The minimum Gasteiger partial charge on any atom is -0.497 e. The van der Waals surface area contributed by atoms with Crippen LogP contribution in [0, 0.1) is 0 Å². The van der Waals surface area contributed by atoms with E-state index in [-0.39, 0.29) is 0 Å². The van der Waals surface area contributed by atoms with Crippen LogP contribution >= 0.6 is 23.1 Å². The molecule has 1 aliphatic carbocycles. The Kier molecular flexibility index (Phi) is 5.61. The third-order valence-electron chi connectivity index (χ3n) is 5.83. The van der Waals surface area contributed by atoms with Gasteiger partial charge in [0.15, 0.2) is 0 Å². The van der Waals surface area contributed by atoms with E-state index < -0.39 is 0 Å². The molecule has 154 valence electrons. The highest BCUT2D eigenvalue weighted by Crippen LogP contribution is 2.42. The summed E-state index contributed by atoms with van der Waals surface area (Å²) in [5.41, 5.74) is 6.68. The molecule has 5 rings (SSSR count). The van der Waals surface area contributed by atoms with Gasteiger partial charge in [-0.2, -0.15) is 0 Å². The molecule has 0 aliphatic heterocycles. The molecule has 0 saturated heterocycles. The highest BCUT2D eigenvalue weighted by molar-refractivity contribution is 7.98. The molecule has 0 N–H and O–H groups in total. The van der Waals surface area contributed by atoms with E-state index in [1.807, 2.05) is 12.1 Å². The summed E-state index contributed by atoms with van der Waals surface area (Å²) in [4.78, 5) is 15.6. The number of benzene rings is 1. The molecule has 30 heavy (non-hydrogen) atoms. The Morgan fingerprint density at radius 3 is 2.73 bits per heavy atom. The van der Waals surface area contributed by atoms with E-state index in [0.29, 0.717) is 0 Å². The number of hydrogen-bond donors (Lipinski definition) is 0. The number of thioether (sulfide) groups is 1. The van der Waals surface area contributed by atoms with Gasteiger partial charge >= 0.3 is 0 Å². The number of ether oxygens (including phenoxy) is 1. The summed E-state index contributed by atoms with van der Waals surface area (Å²) in [6.45, 7) is 2.25. The number of hydrogen-bond acceptors (Lipinski definition) is 6. The monoisotopic (exact) mass is 435 g/mol. The molecule has 3 aromatic heterocycles. The Morgan fingerprint density at radius 2 is 1.93 bits per heavy atom. The van der Waals surface area contributed by atoms with Crippen molar-refractivity contribution in [3.63, 3.8) is 0 Å². The lowest BCUT2D eigenvalue weighted by Gasteiger charge is -2.08. The van der Waals surface area contributed by atoms with E-state index in [0.717, 1.165) is 39.7 Å². The van der Waals surface area contributed by atoms with Gasteiger partial charge in [0.2, 0.25) is 0 Å². The summed E-state index contributed by atoms with van der Waals surface area (Å²) < 4.78 is 6.44. The maximum Gasteiger partial charge on any atom is 0.126 e. The number of nitrogens with zero attached hydrogens (tertiary/aromatic N) is 3. The lowest BCUT2D eigenvalue weighted by molar-refractivity contribution is 0.414. The quantitative estimate of drug-likeness (QED) is 0.249. The van der Waals surface area contributed by atoms with Crippen LogP contribution in [0.1, 0.15) is 48.6 Å². The molecule has 0 atom stereocenters. The van der Waals surface area contributed by atoms with Gasteiger partial charge in [-0.25, -0.2) is 15.0 Å². The molecule has 0 unspecified atom stereocenters. The fourth-order valence-corrected chi connectivity index (χ4v) is 6.49. The van der Waals surface area contributed by atoms with Crippen LogP contribution in [-0.2, 0) is 25.0 Å². The van der Waals surface area contributed by atoms with E-state index in [1.54, 1.807) is 36.5 Å². The number of thiophene rings is 1. The summed E-state index contributed by atoms with van der Waals surface area (Å²) in [6.07, 6.45) is 8.77. The molecule has 0 saturated carbocycles. The standard InChI is InChI=1S/C24H25N3OS2/c1-3-4-8-19-17-6-5-7-18(17)20-21-22(30-23(20)27-19)24(26-14-25-21)29-13-15-9-11-16(28-2)12-10-15/h9-12,14H,3-8,13H2,1-2H3. The number of aromatic nitrogens is 3. The summed E-state index contributed by atoms with van der Waals surface area (Å²) in [6, 6.07) is 8.25. The topological polar surface area (TPSA) is 47.9 Å². The first kappa shape index (κ1) is 19.8. The van der Waals surface area contributed by atoms with Crippen LogP contribution in [0.15, 0.2) is 35.6 Å². The summed E-state index contributed by atoms with van der Waals surface area (Å²) >= 11 is 3.54. The van der Waals surface area contributed by atoms with Crippen LogP contribution in [0.3, 0.4) is 0 Å². The fourth-order valence-electron chi connectivity index (χ4n) is 4.28. The second-order valence-corrected chi connectivity index (χ2v) is 9.71.